The van der Waals surface area contributed by atoms with Gasteiger partial charge in [0.25, 0.3) is 0 Å². The maximum absolute atomic E-state index is 11.2. The van der Waals surface area contributed by atoms with E-state index in [4.69, 9.17) is 0 Å². The second-order valence-electron chi connectivity index (χ2n) is 13.5. The van der Waals surface area contributed by atoms with E-state index in [2.05, 4.69) is 98.8 Å². The van der Waals surface area contributed by atoms with Crippen molar-refractivity contribution in [3.63, 3.8) is 0 Å². The van der Waals surface area contributed by atoms with Gasteiger partial charge in [-0.05, 0) is 107 Å². The lowest BCUT2D eigenvalue weighted by molar-refractivity contribution is 0.270. The fourth-order valence-electron chi connectivity index (χ4n) is 8.48. The Balaban J connectivity index is 1.18. The minimum Gasteiger partial charge on any atom is -0.508 e. The molecule has 2 aliphatic rings. The molecule has 2 N–H and O–H groups in total. The van der Waals surface area contributed by atoms with Crippen LogP contribution >= 0.6 is 0 Å². The molecule has 0 spiro atoms. The Morgan fingerprint density at radius 3 is 1.33 bits per heavy atom. The molecule has 2 saturated carbocycles. The van der Waals surface area contributed by atoms with Crippen LogP contribution in [0.2, 0.25) is 0 Å². The van der Waals surface area contributed by atoms with E-state index in [1.165, 1.54) is 73.6 Å². The molecule has 0 aromatic heterocycles. The van der Waals surface area contributed by atoms with Gasteiger partial charge in [-0.1, -0.05) is 124 Å². The van der Waals surface area contributed by atoms with E-state index in [-0.39, 0.29) is 0 Å². The average Bonchev–Trinajstić information content (AvgIpc) is 3.06. The summed E-state index contributed by atoms with van der Waals surface area (Å²) in [6.07, 6.45) is 10.4. The number of benzene rings is 4. The molecule has 0 aliphatic heterocycles. The van der Waals surface area contributed by atoms with Gasteiger partial charge in [-0.3, -0.25) is 0 Å². The lowest BCUT2D eigenvalue weighted by Crippen LogP contribution is -2.23. The molecule has 0 radical (unpaired) electrons. The van der Waals surface area contributed by atoms with E-state index in [0.29, 0.717) is 53.4 Å². The van der Waals surface area contributed by atoms with Gasteiger partial charge in [-0.25, -0.2) is 0 Å². The van der Waals surface area contributed by atoms with Crippen LogP contribution in [0.25, 0.3) is 0 Å². The van der Waals surface area contributed by atoms with Crippen LogP contribution in [0.5, 0.6) is 11.5 Å². The van der Waals surface area contributed by atoms with Crippen molar-refractivity contribution in [2.24, 2.45) is 11.8 Å². The summed E-state index contributed by atoms with van der Waals surface area (Å²) >= 11 is 0. The number of aromatic hydroxyl groups is 2. The van der Waals surface area contributed by atoms with Crippen molar-refractivity contribution in [3.05, 3.63) is 130 Å². The van der Waals surface area contributed by atoms with Crippen LogP contribution in [0, 0.1) is 11.8 Å². The predicted molar refractivity (Wildman–Crippen MR) is 178 cm³/mol. The molecular formula is C41H48O2. The largest absolute Gasteiger partial charge is 0.508 e. The zero-order valence-corrected chi connectivity index (χ0v) is 26.0. The van der Waals surface area contributed by atoms with Crippen LogP contribution in [0.1, 0.15) is 122 Å². The Bertz CT molecular complexity index is 1360. The molecule has 0 amide bonds. The molecular weight excluding hydrogens is 524 g/mol. The van der Waals surface area contributed by atoms with Crippen molar-refractivity contribution in [1.82, 2.24) is 0 Å². The molecule has 224 valence electrons. The Morgan fingerprint density at radius 2 is 0.930 bits per heavy atom. The molecule has 6 atom stereocenters. The first-order valence-electron chi connectivity index (χ1n) is 16.7. The van der Waals surface area contributed by atoms with Crippen molar-refractivity contribution in [2.45, 2.75) is 95.3 Å². The third-order valence-corrected chi connectivity index (χ3v) is 11.0. The van der Waals surface area contributed by atoms with E-state index in [0.717, 1.165) is 11.1 Å². The summed E-state index contributed by atoms with van der Waals surface area (Å²) in [5.41, 5.74) is 7.09. The third kappa shape index (κ3) is 6.54. The lowest BCUT2D eigenvalue weighted by atomic mass is 9.68. The SMILES string of the molecule is CC(c1ccccc1)C1CCCCC1c1ccc(Cc2ccc(C3CCCCC3C(C)c3ccccc3)cc2O)c(O)c1. The molecule has 4 aromatic carbocycles. The highest BCUT2D eigenvalue weighted by Gasteiger charge is 2.33. The number of phenols is 2. The molecule has 0 heterocycles. The molecule has 4 aromatic rings. The summed E-state index contributed by atoms with van der Waals surface area (Å²) < 4.78 is 0. The maximum Gasteiger partial charge on any atom is 0.119 e. The smallest absolute Gasteiger partial charge is 0.119 e. The molecule has 2 aliphatic carbocycles. The van der Waals surface area contributed by atoms with Gasteiger partial charge >= 0.3 is 0 Å². The van der Waals surface area contributed by atoms with Gasteiger partial charge in [-0.2, -0.15) is 0 Å². The van der Waals surface area contributed by atoms with Gasteiger partial charge in [0.1, 0.15) is 11.5 Å². The molecule has 2 nitrogen and oxygen atoms in total. The normalized spacial score (nSPS) is 23.9. The monoisotopic (exact) mass is 572 g/mol. The summed E-state index contributed by atoms with van der Waals surface area (Å²) in [4.78, 5) is 0. The fourth-order valence-corrected chi connectivity index (χ4v) is 8.48. The zero-order valence-electron chi connectivity index (χ0n) is 26.0. The first kappa shape index (κ1) is 29.5. The van der Waals surface area contributed by atoms with Gasteiger partial charge < -0.3 is 10.2 Å². The van der Waals surface area contributed by atoms with E-state index < -0.39 is 0 Å². The minimum absolute atomic E-state index is 0.349. The van der Waals surface area contributed by atoms with E-state index >= 15 is 0 Å². The highest BCUT2D eigenvalue weighted by Crippen LogP contribution is 2.47. The number of hydrogen-bond acceptors (Lipinski definition) is 2. The van der Waals surface area contributed by atoms with Crippen LogP contribution in [0.3, 0.4) is 0 Å². The van der Waals surface area contributed by atoms with E-state index in [1.807, 2.05) is 12.1 Å². The fraction of sp³-hybridized carbons (Fsp3) is 0.415. The van der Waals surface area contributed by atoms with Crippen LogP contribution in [-0.2, 0) is 6.42 Å². The summed E-state index contributed by atoms with van der Waals surface area (Å²) in [5, 5.41) is 22.4. The van der Waals surface area contributed by atoms with Crippen molar-refractivity contribution in [2.75, 3.05) is 0 Å². The highest BCUT2D eigenvalue weighted by molar-refractivity contribution is 5.46. The topological polar surface area (TPSA) is 40.5 Å². The maximum atomic E-state index is 11.2. The second-order valence-corrected chi connectivity index (χ2v) is 13.5. The molecule has 6 rings (SSSR count). The van der Waals surface area contributed by atoms with Crippen molar-refractivity contribution in [3.8, 4) is 11.5 Å². The van der Waals surface area contributed by atoms with Crippen LogP contribution in [-0.4, -0.2) is 10.2 Å². The van der Waals surface area contributed by atoms with Gasteiger partial charge in [-0.15, -0.1) is 0 Å². The Hall–Kier alpha value is -3.52. The first-order chi connectivity index (χ1) is 21.0. The number of rotatable bonds is 8. The highest BCUT2D eigenvalue weighted by atomic mass is 16.3. The molecule has 2 fully saturated rings. The number of hydrogen-bond donors (Lipinski definition) is 2. The molecule has 0 bridgehead atoms. The molecule has 6 unspecified atom stereocenters. The lowest BCUT2D eigenvalue weighted by Gasteiger charge is -2.36. The van der Waals surface area contributed by atoms with Crippen LogP contribution in [0.4, 0.5) is 0 Å². The summed E-state index contributed by atoms with van der Waals surface area (Å²) in [5.74, 6) is 3.74. The van der Waals surface area contributed by atoms with Crippen molar-refractivity contribution >= 4 is 0 Å². The number of phenolic OH excluding ortho intramolecular Hbond substituents is 2. The third-order valence-electron chi connectivity index (χ3n) is 11.0. The van der Waals surface area contributed by atoms with Gasteiger partial charge in [0, 0.05) is 6.42 Å². The summed E-state index contributed by atoms with van der Waals surface area (Å²) in [6.45, 7) is 4.74. The van der Waals surface area contributed by atoms with Crippen LogP contribution < -0.4 is 0 Å². The second kappa shape index (κ2) is 13.4. The average molecular weight is 573 g/mol. The molecule has 0 saturated heterocycles. The molecule has 2 heteroatoms. The van der Waals surface area contributed by atoms with Gasteiger partial charge in [0.2, 0.25) is 0 Å². The van der Waals surface area contributed by atoms with Gasteiger partial charge in [0.05, 0.1) is 0 Å². The Labute approximate surface area is 258 Å². The Kier molecular flexibility index (Phi) is 9.22. The van der Waals surface area contributed by atoms with Crippen molar-refractivity contribution in [1.29, 1.82) is 0 Å². The quantitative estimate of drug-likeness (QED) is 0.220. The van der Waals surface area contributed by atoms with Gasteiger partial charge in [0.15, 0.2) is 0 Å². The Morgan fingerprint density at radius 1 is 0.535 bits per heavy atom. The molecule has 43 heavy (non-hydrogen) atoms. The standard InChI is InChI=1S/C41H48O2/c1-28(30-13-5-3-6-14-30)36-17-9-11-19-38(36)32-21-23-34(40(42)26-32)25-35-24-22-33(27-41(35)43)39-20-12-10-18-37(39)29(2)31-15-7-4-8-16-31/h3-8,13-16,21-24,26-29,36-39,42-43H,9-12,17-20,25H2,1-2H3. The first-order valence-corrected chi connectivity index (χ1v) is 16.7. The zero-order chi connectivity index (χ0) is 29.8. The van der Waals surface area contributed by atoms with E-state index in [9.17, 15) is 10.2 Å². The van der Waals surface area contributed by atoms with Crippen molar-refractivity contribution < 1.29 is 10.2 Å². The summed E-state index contributed by atoms with van der Waals surface area (Å²) in [7, 11) is 0. The minimum atomic E-state index is 0.349. The summed E-state index contributed by atoms with van der Waals surface area (Å²) in [6, 6.07) is 34.5. The van der Waals surface area contributed by atoms with E-state index in [1.54, 1.807) is 0 Å². The predicted octanol–water partition coefficient (Wildman–Crippen LogP) is 10.8. The van der Waals surface area contributed by atoms with Crippen LogP contribution in [0.15, 0.2) is 97.1 Å².